The van der Waals surface area contributed by atoms with Gasteiger partial charge in [-0.1, -0.05) is 0 Å². The Hall–Kier alpha value is -0.210. The first-order chi connectivity index (χ1) is 11.1. The molecule has 2 aliphatic carbocycles. The highest BCUT2D eigenvalue weighted by Crippen LogP contribution is 2.34. The number of ether oxygens (including phenoxy) is 2. The maximum Gasteiger partial charge on any atom is 0.156 e. The summed E-state index contributed by atoms with van der Waals surface area (Å²) in [5.74, 6) is 0. The number of hydrogen-bond donors (Lipinski definition) is 2. The fourth-order valence-corrected chi connectivity index (χ4v) is 6.17. The van der Waals surface area contributed by atoms with Crippen LogP contribution in [-0.4, -0.2) is 67.8 Å². The van der Waals surface area contributed by atoms with Crippen molar-refractivity contribution in [2.45, 2.75) is 74.1 Å². The number of rotatable bonds is 8. The van der Waals surface area contributed by atoms with Crippen molar-refractivity contribution in [3.8, 4) is 0 Å². The summed E-state index contributed by atoms with van der Waals surface area (Å²) in [4.78, 5) is 0. The van der Waals surface area contributed by atoms with Gasteiger partial charge in [0, 0.05) is 0 Å². The molecule has 0 radical (unpaired) electrons. The summed E-state index contributed by atoms with van der Waals surface area (Å²) in [6.45, 7) is 0.694. The average Bonchev–Trinajstić information content (AvgIpc) is 2.59. The summed E-state index contributed by atoms with van der Waals surface area (Å²) in [7, 11) is -3.08. The van der Waals surface area contributed by atoms with Crippen LogP contribution in [0, 0.1) is 0 Å². The summed E-state index contributed by atoms with van der Waals surface area (Å²) in [6, 6.07) is 0. The molecule has 0 aromatic heterocycles. The van der Waals surface area contributed by atoms with Crippen molar-refractivity contribution >= 4 is 9.84 Å². The Balaban J connectivity index is 1.79. The van der Waals surface area contributed by atoms with Crippen molar-refractivity contribution in [3.05, 3.63) is 0 Å². The van der Waals surface area contributed by atoms with E-state index in [9.17, 15) is 8.42 Å². The van der Waals surface area contributed by atoms with E-state index < -0.39 is 9.84 Å². The lowest BCUT2D eigenvalue weighted by Crippen LogP contribution is -2.39. The fourth-order valence-electron chi connectivity index (χ4n) is 3.77. The van der Waals surface area contributed by atoms with Crippen LogP contribution in [0.2, 0.25) is 0 Å². The molecule has 23 heavy (non-hydrogen) atoms. The average molecular weight is 350 g/mol. The smallest absolute Gasteiger partial charge is 0.156 e. The third-order valence-electron chi connectivity index (χ3n) is 5.06. The van der Waals surface area contributed by atoms with E-state index in [1.54, 1.807) is 0 Å². The molecule has 0 saturated heterocycles. The van der Waals surface area contributed by atoms with E-state index in [1.165, 1.54) is 0 Å². The van der Waals surface area contributed by atoms with Crippen LogP contribution in [-0.2, 0) is 19.3 Å². The van der Waals surface area contributed by atoms with Crippen molar-refractivity contribution in [3.63, 3.8) is 0 Å². The summed E-state index contributed by atoms with van der Waals surface area (Å²) in [5, 5.41) is 17.1. The quantitative estimate of drug-likeness (QED) is 0.679. The Labute approximate surface area is 139 Å². The standard InChI is InChI=1S/C16H30O6S/c17-9-11-21-13-1-5-15(6-2-13)23(19,20)16-7-3-14(4-8-16)22-12-10-18/h13-18H,1-12H2. The molecule has 0 aromatic carbocycles. The summed E-state index contributed by atoms with van der Waals surface area (Å²) in [5.41, 5.74) is 0. The molecule has 0 aliphatic heterocycles. The molecule has 2 rings (SSSR count). The second kappa shape index (κ2) is 9.32. The molecule has 0 heterocycles. The molecule has 6 nitrogen and oxygen atoms in total. The maximum atomic E-state index is 12.8. The zero-order chi connectivity index (χ0) is 16.7. The van der Waals surface area contributed by atoms with Crippen LogP contribution in [0.1, 0.15) is 51.4 Å². The van der Waals surface area contributed by atoms with Gasteiger partial charge >= 0.3 is 0 Å². The van der Waals surface area contributed by atoms with Crippen molar-refractivity contribution in [1.82, 2.24) is 0 Å². The fraction of sp³-hybridized carbons (Fsp3) is 1.00. The van der Waals surface area contributed by atoms with Gasteiger partial charge in [0.2, 0.25) is 0 Å². The summed E-state index contributed by atoms with van der Waals surface area (Å²) in [6.07, 6.45) is 5.90. The van der Waals surface area contributed by atoms with Crippen LogP contribution >= 0.6 is 0 Å². The molecule has 0 aromatic rings. The monoisotopic (exact) mass is 350 g/mol. The van der Waals surface area contributed by atoms with Gasteiger partial charge in [-0.25, -0.2) is 8.42 Å². The van der Waals surface area contributed by atoms with Gasteiger partial charge in [-0.3, -0.25) is 0 Å². The van der Waals surface area contributed by atoms with Gasteiger partial charge < -0.3 is 19.7 Å². The topological polar surface area (TPSA) is 93.1 Å². The molecule has 0 amide bonds. The van der Waals surface area contributed by atoms with Crippen molar-refractivity contribution in [2.24, 2.45) is 0 Å². The second-order valence-corrected chi connectivity index (χ2v) is 9.09. The second-order valence-electron chi connectivity index (χ2n) is 6.58. The predicted molar refractivity (Wildman–Crippen MR) is 87.1 cm³/mol. The Bertz CT molecular complexity index is 388. The normalized spacial score (nSPS) is 32.8. The molecular formula is C16H30O6S. The highest BCUT2D eigenvalue weighted by Gasteiger charge is 2.38. The van der Waals surface area contributed by atoms with Crippen LogP contribution < -0.4 is 0 Å². The predicted octanol–water partition coefficient (Wildman–Crippen LogP) is 1.04. The molecule has 2 saturated carbocycles. The van der Waals surface area contributed by atoms with E-state index in [-0.39, 0.29) is 35.9 Å². The molecule has 2 N–H and O–H groups in total. The number of aliphatic hydroxyl groups excluding tert-OH is 2. The van der Waals surface area contributed by atoms with Gasteiger partial charge in [0.1, 0.15) is 0 Å². The van der Waals surface area contributed by atoms with Gasteiger partial charge in [0.05, 0.1) is 49.1 Å². The third-order valence-corrected chi connectivity index (χ3v) is 7.86. The van der Waals surface area contributed by atoms with Crippen LogP contribution in [0.4, 0.5) is 0 Å². The first-order valence-electron chi connectivity index (χ1n) is 8.75. The highest BCUT2D eigenvalue weighted by atomic mass is 32.2. The molecule has 0 bridgehead atoms. The Morgan fingerprint density at radius 2 is 1.04 bits per heavy atom. The van der Waals surface area contributed by atoms with Crippen LogP contribution in [0.3, 0.4) is 0 Å². The zero-order valence-electron chi connectivity index (χ0n) is 13.7. The van der Waals surface area contributed by atoms with Gasteiger partial charge in [0.25, 0.3) is 0 Å². The van der Waals surface area contributed by atoms with Crippen LogP contribution in [0.5, 0.6) is 0 Å². The Morgan fingerprint density at radius 3 is 1.35 bits per heavy atom. The SMILES string of the molecule is O=S(=O)(C1CCC(OCCO)CC1)C1CCC(OCCO)CC1. The molecule has 2 aliphatic rings. The lowest BCUT2D eigenvalue weighted by atomic mass is 9.96. The Morgan fingerprint density at radius 1 is 0.696 bits per heavy atom. The Kier molecular flexibility index (Phi) is 7.75. The van der Waals surface area contributed by atoms with E-state index in [1.807, 2.05) is 0 Å². The molecule has 0 atom stereocenters. The lowest BCUT2D eigenvalue weighted by molar-refractivity contribution is 0.00774. The molecular weight excluding hydrogens is 320 g/mol. The number of hydrogen-bond acceptors (Lipinski definition) is 6. The van der Waals surface area contributed by atoms with Crippen LogP contribution in [0.25, 0.3) is 0 Å². The first kappa shape index (κ1) is 19.1. The molecule has 136 valence electrons. The van der Waals surface area contributed by atoms with E-state index in [0.717, 1.165) is 25.7 Å². The van der Waals surface area contributed by atoms with Crippen molar-refractivity contribution in [1.29, 1.82) is 0 Å². The zero-order valence-corrected chi connectivity index (χ0v) is 14.5. The number of aliphatic hydroxyl groups is 2. The lowest BCUT2D eigenvalue weighted by Gasteiger charge is -2.34. The van der Waals surface area contributed by atoms with Gasteiger partial charge in [-0.05, 0) is 51.4 Å². The van der Waals surface area contributed by atoms with E-state index in [2.05, 4.69) is 0 Å². The molecule has 7 heteroatoms. The number of sulfone groups is 1. The van der Waals surface area contributed by atoms with E-state index >= 15 is 0 Å². The van der Waals surface area contributed by atoms with Crippen LogP contribution in [0.15, 0.2) is 0 Å². The van der Waals surface area contributed by atoms with E-state index in [4.69, 9.17) is 19.7 Å². The minimum Gasteiger partial charge on any atom is -0.394 e. The van der Waals surface area contributed by atoms with E-state index in [0.29, 0.717) is 38.9 Å². The summed E-state index contributed by atoms with van der Waals surface area (Å²) >= 11 is 0. The minimum absolute atomic E-state index is 0.0137. The summed E-state index contributed by atoms with van der Waals surface area (Å²) < 4.78 is 36.7. The molecule has 0 spiro atoms. The largest absolute Gasteiger partial charge is 0.394 e. The maximum absolute atomic E-state index is 12.8. The van der Waals surface area contributed by atoms with Gasteiger partial charge in [0.15, 0.2) is 9.84 Å². The van der Waals surface area contributed by atoms with Crippen molar-refractivity contribution < 1.29 is 28.1 Å². The third kappa shape index (κ3) is 5.39. The van der Waals surface area contributed by atoms with Gasteiger partial charge in [-0.2, -0.15) is 0 Å². The first-order valence-corrected chi connectivity index (χ1v) is 10.4. The minimum atomic E-state index is -3.08. The molecule has 2 fully saturated rings. The van der Waals surface area contributed by atoms with Crippen molar-refractivity contribution in [2.75, 3.05) is 26.4 Å². The van der Waals surface area contributed by atoms with Gasteiger partial charge in [-0.15, -0.1) is 0 Å². The molecule has 0 unspecified atom stereocenters. The highest BCUT2D eigenvalue weighted by molar-refractivity contribution is 7.92.